The summed E-state index contributed by atoms with van der Waals surface area (Å²) >= 11 is 1.57. The number of nitrogens with zero attached hydrogens (tertiary/aromatic N) is 1. The van der Waals surface area contributed by atoms with Gasteiger partial charge < -0.3 is 5.32 Å². The molecule has 0 saturated carbocycles. The van der Waals surface area contributed by atoms with Crippen LogP contribution in [0.3, 0.4) is 0 Å². The molecule has 1 amide bonds. The Bertz CT molecular complexity index is 607. The van der Waals surface area contributed by atoms with Crippen LogP contribution in [0.15, 0.2) is 18.2 Å². The molecular weight excluding hydrogens is 268 g/mol. The van der Waals surface area contributed by atoms with Crippen LogP contribution < -0.4 is 5.32 Å². The monoisotopic (exact) mass is 282 g/mol. The summed E-state index contributed by atoms with van der Waals surface area (Å²) in [6.07, 6.45) is 1.62. The fourth-order valence-corrected chi connectivity index (χ4v) is 2.85. The van der Waals surface area contributed by atoms with Crippen LogP contribution >= 0.6 is 11.3 Å². The topological polar surface area (TPSA) is 59.1 Å². The van der Waals surface area contributed by atoms with E-state index in [0.717, 1.165) is 15.2 Å². The second kappa shape index (κ2) is 5.58. The molecule has 1 N–H and O–H groups in total. The maximum Gasteiger partial charge on any atom is 0.251 e. The summed E-state index contributed by atoms with van der Waals surface area (Å²) in [5.41, 5.74) is 1.54. The Morgan fingerprint density at radius 3 is 3.00 bits per heavy atom. The number of carbonyl (C=O) groups is 1. The van der Waals surface area contributed by atoms with Crippen LogP contribution in [-0.4, -0.2) is 33.7 Å². The Labute approximate surface area is 112 Å². The van der Waals surface area contributed by atoms with E-state index in [1.54, 1.807) is 23.7 Å². The Kier molecular flexibility index (Phi) is 4.08. The number of amides is 1. The van der Waals surface area contributed by atoms with E-state index in [9.17, 15) is 9.00 Å². The van der Waals surface area contributed by atoms with Crippen molar-refractivity contribution in [2.45, 2.75) is 6.92 Å². The smallest absolute Gasteiger partial charge is 0.251 e. The van der Waals surface area contributed by atoms with Gasteiger partial charge in [-0.1, -0.05) is 0 Å². The van der Waals surface area contributed by atoms with Crippen LogP contribution in [0.5, 0.6) is 0 Å². The van der Waals surface area contributed by atoms with E-state index < -0.39 is 10.8 Å². The van der Waals surface area contributed by atoms with E-state index >= 15 is 0 Å². The van der Waals surface area contributed by atoms with Crippen LogP contribution in [0.25, 0.3) is 10.2 Å². The lowest BCUT2D eigenvalue weighted by Crippen LogP contribution is -2.27. The lowest BCUT2D eigenvalue weighted by molar-refractivity contribution is 0.0956. The zero-order valence-corrected chi connectivity index (χ0v) is 11.9. The largest absolute Gasteiger partial charge is 0.351 e. The first kappa shape index (κ1) is 13.2. The van der Waals surface area contributed by atoms with E-state index in [1.807, 2.05) is 19.1 Å². The second-order valence-electron chi connectivity index (χ2n) is 3.95. The Morgan fingerprint density at radius 2 is 2.28 bits per heavy atom. The van der Waals surface area contributed by atoms with Gasteiger partial charge in [-0.25, -0.2) is 4.98 Å². The molecule has 0 spiro atoms. The molecule has 0 unspecified atom stereocenters. The van der Waals surface area contributed by atoms with Gasteiger partial charge >= 0.3 is 0 Å². The molecule has 0 aliphatic carbocycles. The first-order valence-electron chi connectivity index (χ1n) is 5.51. The van der Waals surface area contributed by atoms with Crippen LogP contribution in [0.4, 0.5) is 0 Å². The molecule has 1 aromatic heterocycles. The van der Waals surface area contributed by atoms with Gasteiger partial charge in [-0.2, -0.15) is 0 Å². The number of fused-ring (bicyclic) bond motifs is 1. The van der Waals surface area contributed by atoms with E-state index in [4.69, 9.17) is 0 Å². The third kappa shape index (κ3) is 3.14. The van der Waals surface area contributed by atoms with E-state index in [1.165, 1.54) is 0 Å². The van der Waals surface area contributed by atoms with Crippen LogP contribution in [0, 0.1) is 6.92 Å². The average molecular weight is 282 g/mol. The lowest BCUT2D eigenvalue weighted by atomic mass is 10.2. The fourth-order valence-electron chi connectivity index (χ4n) is 1.59. The molecule has 1 heterocycles. The van der Waals surface area contributed by atoms with E-state index in [-0.39, 0.29) is 5.91 Å². The van der Waals surface area contributed by atoms with Crippen molar-refractivity contribution in [2.75, 3.05) is 18.6 Å². The Balaban J connectivity index is 2.10. The van der Waals surface area contributed by atoms with Crippen molar-refractivity contribution in [3.8, 4) is 0 Å². The number of hydrogen-bond acceptors (Lipinski definition) is 4. The molecule has 4 nitrogen and oxygen atoms in total. The van der Waals surface area contributed by atoms with Crippen LogP contribution in [0.2, 0.25) is 0 Å². The van der Waals surface area contributed by atoms with Crippen molar-refractivity contribution in [2.24, 2.45) is 0 Å². The standard InChI is InChI=1S/C12H14N2O2S2/c1-8-14-10-4-3-9(7-11(10)17-8)12(15)13-5-6-18(2)16/h3-4,7H,5-6H2,1-2H3,(H,13,15)/t18-/m1/s1. The van der Waals surface area contributed by atoms with Gasteiger partial charge in [0.1, 0.15) is 0 Å². The fraction of sp³-hybridized carbons (Fsp3) is 0.333. The number of thiazole rings is 1. The molecule has 0 bridgehead atoms. The number of nitrogens with one attached hydrogen (secondary N) is 1. The summed E-state index contributed by atoms with van der Waals surface area (Å²) in [6, 6.07) is 5.46. The number of aromatic nitrogens is 1. The van der Waals surface area contributed by atoms with Gasteiger partial charge in [-0.05, 0) is 25.1 Å². The molecule has 1 atom stereocenters. The van der Waals surface area contributed by atoms with Gasteiger partial charge in [0.25, 0.3) is 5.91 Å². The highest BCUT2D eigenvalue weighted by Gasteiger charge is 2.08. The highest BCUT2D eigenvalue weighted by molar-refractivity contribution is 7.84. The number of aryl methyl sites for hydroxylation is 1. The lowest BCUT2D eigenvalue weighted by Gasteiger charge is -2.03. The molecule has 2 rings (SSSR count). The minimum absolute atomic E-state index is 0.131. The third-order valence-corrected chi connectivity index (χ3v) is 4.15. The van der Waals surface area contributed by atoms with E-state index in [0.29, 0.717) is 17.9 Å². The first-order valence-corrected chi connectivity index (χ1v) is 8.06. The third-order valence-electron chi connectivity index (χ3n) is 2.43. The summed E-state index contributed by atoms with van der Waals surface area (Å²) in [5, 5.41) is 3.74. The van der Waals surface area contributed by atoms with Crippen molar-refractivity contribution >= 4 is 38.3 Å². The second-order valence-corrected chi connectivity index (χ2v) is 6.74. The van der Waals surface area contributed by atoms with Gasteiger partial charge in [0, 0.05) is 34.9 Å². The minimum atomic E-state index is -0.880. The molecule has 1 aromatic carbocycles. The van der Waals surface area contributed by atoms with Crippen molar-refractivity contribution < 1.29 is 9.00 Å². The van der Waals surface area contributed by atoms with Crippen molar-refractivity contribution in [3.05, 3.63) is 28.8 Å². The Hall–Kier alpha value is -1.27. The summed E-state index contributed by atoms with van der Waals surface area (Å²) < 4.78 is 11.9. The molecule has 0 fully saturated rings. The van der Waals surface area contributed by atoms with Gasteiger partial charge in [-0.15, -0.1) is 11.3 Å². The summed E-state index contributed by atoms with van der Waals surface area (Å²) in [7, 11) is -0.880. The van der Waals surface area contributed by atoms with Crippen LogP contribution in [-0.2, 0) is 10.8 Å². The van der Waals surface area contributed by atoms with Gasteiger partial charge in [0.2, 0.25) is 0 Å². The zero-order chi connectivity index (χ0) is 13.1. The van der Waals surface area contributed by atoms with Gasteiger partial charge in [0.15, 0.2) is 0 Å². The molecular formula is C12H14N2O2S2. The molecule has 6 heteroatoms. The SMILES string of the molecule is Cc1nc2ccc(C(=O)NCC[S@@](C)=O)cc2s1. The molecule has 96 valence electrons. The number of hydrogen-bond donors (Lipinski definition) is 1. The first-order chi connectivity index (χ1) is 8.56. The number of carbonyl (C=O) groups excluding carboxylic acids is 1. The molecule has 0 aliphatic rings. The number of benzene rings is 1. The predicted octanol–water partition coefficient (Wildman–Crippen LogP) is 1.71. The summed E-state index contributed by atoms with van der Waals surface area (Å²) in [5.74, 6) is 0.349. The zero-order valence-electron chi connectivity index (χ0n) is 10.2. The average Bonchev–Trinajstić information content (AvgIpc) is 2.67. The minimum Gasteiger partial charge on any atom is -0.351 e. The predicted molar refractivity (Wildman–Crippen MR) is 75.6 cm³/mol. The summed E-state index contributed by atoms with van der Waals surface area (Å²) in [4.78, 5) is 16.2. The maximum absolute atomic E-state index is 11.9. The van der Waals surface area contributed by atoms with Crippen molar-refractivity contribution in [1.82, 2.24) is 10.3 Å². The van der Waals surface area contributed by atoms with E-state index in [2.05, 4.69) is 10.3 Å². The van der Waals surface area contributed by atoms with Crippen LogP contribution in [0.1, 0.15) is 15.4 Å². The van der Waals surface area contributed by atoms with Crippen molar-refractivity contribution in [1.29, 1.82) is 0 Å². The molecule has 18 heavy (non-hydrogen) atoms. The highest BCUT2D eigenvalue weighted by atomic mass is 32.2. The molecule has 2 aromatic rings. The number of rotatable bonds is 4. The highest BCUT2D eigenvalue weighted by Crippen LogP contribution is 2.22. The quantitative estimate of drug-likeness (QED) is 0.929. The van der Waals surface area contributed by atoms with Gasteiger partial charge in [-0.3, -0.25) is 9.00 Å². The Morgan fingerprint density at radius 1 is 1.50 bits per heavy atom. The molecule has 0 radical (unpaired) electrons. The maximum atomic E-state index is 11.9. The summed E-state index contributed by atoms with van der Waals surface area (Å²) in [6.45, 7) is 2.38. The molecule has 0 saturated heterocycles. The van der Waals surface area contributed by atoms with Crippen molar-refractivity contribution in [3.63, 3.8) is 0 Å². The molecule has 0 aliphatic heterocycles. The normalized spacial score (nSPS) is 12.6. The van der Waals surface area contributed by atoms with Gasteiger partial charge in [0.05, 0.1) is 15.2 Å².